The van der Waals surface area contributed by atoms with Crippen LogP contribution in [0.15, 0.2) is 24.3 Å². The van der Waals surface area contributed by atoms with E-state index in [9.17, 15) is 4.79 Å². The molecule has 5 heteroatoms. The van der Waals surface area contributed by atoms with Gasteiger partial charge in [0.1, 0.15) is 6.04 Å². The molecule has 2 rings (SSSR count). The van der Waals surface area contributed by atoms with Crippen molar-refractivity contribution in [3.05, 3.63) is 34.9 Å². The summed E-state index contributed by atoms with van der Waals surface area (Å²) in [5.74, 6) is -0.367. The van der Waals surface area contributed by atoms with Crippen LogP contribution in [-0.2, 0) is 11.2 Å². The maximum Gasteiger partial charge on any atom is 0.320 e. The zero-order valence-electron chi connectivity index (χ0n) is 9.23. The molecule has 2 atom stereocenters. The molecule has 1 saturated heterocycles. The third-order valence-corrected chi connectivity index (χ3v) is 3.17. The summed E-state index contributed by atoms with van der Waals surface area (Å²) < 4.78 is 0. The molecule has 1 fully saturated rings. The number of hydrogen-bond acceptors (Lipinski definition) is 2. The lowest BCUT2D eigenvalue weighted by Crippen LogP contribution is -2.29. The molecule has 94 valence electrons. The molecule has 0 bridgehead atoms. The Morgan fingerprint density at radius 3 is 2.88 bits per heavy atom. The lowest BCUT2D eigenvalue weighted by Gasteiger charge is -2.08. The van der Waals surface area contributed by atoms with Crippen LogP contribution in [0.2, 0.25) is 5.02 Å². The molecule has 1 aromatic carbocycles. The Balaban J connectivity index is 0.00000144. The quantitative estimate of drug-likeness (QED) is 0.891. The third kappa shape index (κ3) is 3.87. The van der Waals surface area contributed by atoms with E-state index in [0.717, 1.165) is 18.0 Å². The molecule has 0 spiro atoms. The zero-order chi connectivity index (χ0) is 11.5. The van der Waals surface area contributed by atoms with Crippen LogP contribution < -0.4 is 5.32 Å². The van der Waals surface area contributed by atoms with Crippen molar-refractivity contribution in [2.45, 2.75) is 18.9 Å². The van der Waals surface area contributed by atoms with Gasteiger partial charge in [-0.05, 0) is 43.0 Å². The first-order chi connectivity index (χ1) is 7.65. The highest BCUT2D eigenvalue weighted by Crippen LogP contribution is 2.21. The summed E-state index contributed by atoms with van der Waals surface area (Å²) in [4.78, 5) is 10.8. The molecular formula is C12H15Cl2NO2. The van der Waals surface area contributed by atoms with Gasteiger partial charge in [0, 0.05) is 5.02 Å². The fourth-order valence-electron chi connectivity index (χ4n) is 2.15. The van der Waals surface area contributed by atoms with E-state index in [1.807, 2.05) is 24.3 Å². The van der Waals surface area contributed by atoms with Gasteiger partial charge >= 0.3 is 5.97 Å². The second-order valence-corrected chi connectivity index (χ2v) is 4.67. The van der Waals surface area contributed by atoms with Crippen LogP contribution >= 0.6 is 24.0 Å². The van der Waals surface area contributed by atoms with Gasteiger partial charge in [-0.1, -0.05) is 23.7 Å². The molecule has 1 aliphatic heterocycles. The van der Waals surface area contributed by atoms with Crippen LogP contribution in [0, 0.1) is 5.92 Å². The van der Waals surface area contributed by atoms with Crippen molar-refractivity contribution in [3.63, 3.8) is 0 Å². The maximum atomic E-state index is 10.8. The Hall–Kier alpha value is -0.770. The van der Waals surface area contributed by atoms with Crippen molar-refractivity contribution < 1.29 is 9.90 Å². The van der Waals surface area contributed by atoms with Crippen LogP contribution in [-0.4, -0.2) is 23.7 Å². The molecule has 1 aliphatic rings. The van der Waals surface area contributed by atoms with E-state index in [2.05, 4.69) is 5.32 Å². The van der Waals surface area contributed by atoms with Crippen LogP contribution in [0.3, 0.4) is 0 Å². The largest absolute Gasteiger partial charge is 0.480 e. The van der Waals surface area contributed by atoms with E-state index in [-0.39, 0.29) is 18.4 Å². The van der Waals surface area contributed by atoms with Crippen molar-refractivity contribution in [3.8, 4) is 0 Å². The Kier molecular flexibility index (Phi) is 5.25. The van der Waals surface area contributed by atoms with E-state index in [1.165, 1.54) is 5.56 Å². The van der Waals surface area contributed by atoms with Crippen LogP contribution in [0.25, 0.3) is 0 Å². The topological polar surface area (TPSA) is 49.3 Å². The summed E-state index contributed by atoms with van der Waals surface area (Å²) in [6.07, 6.45) is 1.58. The van der Waals surface area contributed by atoms with Gasteiger partial charge < -0.3 is 10.4 Å². The van der Waals surface area contributed by atoms with E-state index >= 15 is 0 Å². The zero-order valence-corrected chi connectivity index (χ0v) is 10.8. The predicted octanol–water partition coefficient (Wildman–Crippen LogP) is 2.37. The van der Waals surface area contributed by atoms with Crippen molar-refractivity contribution in [1.82, 2.24) is 5.32 Å². The van der Waals surface area contributed by atoms with Gasteiger partial charge in [0.15, 0.2) is 0 Å². The Bertz CT molecular complexity index is 398. The lowest BCUT2D eigenvalue weighted by molar-refractivity contribution is -0.139. The van der Waals surface area contributed by atoms with E-state index in [4.69, 9.17) is 16.7 Å². The normalized spacial score (nSPS) is 23.1. The number of carboxylic acid groups (broad SMARTS) is 1. The van der Waals surface area contributed by atoms with Gasteiger partial charge in [-0.2, -0.15) is 0 Å². The molecule has 3 nitrogen and oxygen atoms in total. The SMILES string of the molecule is Cl.O=C(O)C1CC(Cc2cccc(Cl)c2)CN1. The first-order valence-corrected chi connectivity index (χ1v) is 5.73. The fourth-order valence-corrected chi connectivity index (χ4v) is 2.36. The second-order valence-electron chi connectivity index (χ2n) is 4.23. The van der Waals surface area contributed by atoms with Gasteiger partial charge in [-0.25, -0.2) is 0 Å². The number of aliphatic carboxylic acids is 1. The van der Waals surface area contributed by atoms with E-state index < -0.39 is 5.97 Å². The molecule has 0 radical (unpaired) electrons. The van der Waals surface area contributed by atoms with Crippen molar-refractivity contribution in [2.24, 2.45) is 5.92 Å². The van der Waals surface area contributed by atoms with Crippen LogP contribution in [0.1, 0.15) is 12.0 Å². The number of carboxylic acids is 1. The van der Waals surface area contributed by atoms with Crippen molar-refractivity contribution in [1.29, 1.82) is 0 Å². The summed E-state index contributed by atoms with van der Waals surface area (Å²) in [6, 6.07) is 7.35. The number of benzene rings is 1. The monoisotopic (exact) mass is 275 g/mol. The van der Waals surface area contributed by atoms with Gasteiger partial charge in [0.05, 0.1) is 0 Å². The second kappa shape index (κ2) is 6.24. The average Bonchev–Trinajstić information content (AvgIpc) is 2.66. The number of halogens is 2. The molecule has 1 heterocycles. The van der Waals surface area contributed by atoms with Crippen LogP contribution in [0.5, 0.6) is 0 Å². The molecule has 17 heavy (non-hydrogen) atoms. The smallest absolute Gasteiger partial charge is 0.320 e. The Morgan fingerprint density at radius 2 is 2.29 bits per heavy atom. The molecule has 2 N–H and O–H groups in total. The molecule has 0 aromatic heterocycles. The van der Waals surface area contributed by atoms with Gasteiger partial charge in [0.2, 0.25) is 0 Å². The molecule has 0 amide bonds. The number of hydrogen-bond donors (Lipinski definition) is 2. The number of nitrogens with one attached hydrogen (secondary N) is 1. The highest BCUT2D eigenvalue weighted by molar-refractivity contribution is 6.30. The average molecular weight is 276 g/mol. The van der Waals surface area contributed by atoms with E-state index in [0.29, 0.717) is 12.3 Å². The fraction of sp³-hybridized carbons (Fsp3) is 0.417. The van der Waals surface area contributed by atoms with Gasteiger partial charge in [-0.15, -0.1) is 12.4 Å². The predicted molar refractivity (Wildman–Crippen MR) is 69.9 cm³/mol. The Morgan fingerprint density at radius 1 is 1.53 bits per heavy atom. The van der Waals surface area contributed by atoms with E-state index in [1.54, 1.807) is 0 Å². The van der Waals surface area contributed by atoms with Gasteiger partial charge in [-0.3, -0.25) is 4.79 Å². The minimum atomic E-state index is -0.756. The standard InChI is InChI=1S/C12H14ClNO2.ClH/c13-10-3-1-2-8(5-10)4-9-6-11(12(15)16)14-7-9;/h1-3,5,9,11,14H,4,6-7H2,(H,15,16);1H. The highest BCUT2D eigenvalue weighted by Gasteiger charge is 2.28. The first-order valence-electron chi connectivity index (χ1n) is 5.36. The molecule has 0 saturated carbocycles. The van der Waals surface area contributed by atoms with Crippen molar-refractivity contribution in [2.75, 3.05) is 6.54 Å². The third-order valence-electron chi connectivity index (χ3n) is 2.93. The van der Waals surface area contributed by atoms with Crippen LogP contribution in [0.4, 0.5) is 0 Å². The number of rotatable bonds is 3. The van der Waals surface area contributed by atoms with Crippen molar-refractivity contribution >= 4 is 30.0 Å². The minimum absolute atomic E-state index is 0. The molecule has 1 aromatic rings. The Labute approximate surface area is 112 Å². The molecule has 2 unspecified atom stereocenters. The summed E-state index contributed by atoms with van der Waals surface area (Å²) in [7, 11) is 0. The molecule has 0 aliphatic carbocycles. The lowest BCUT2D eigenvalue weighted by atomic mass is 9.97. The number of carbonyl (C=O) groups is 1. The van der Waals surface area contributed by atoms with Gasteiger partial charge in [0.25, 0.3) is 0 Å². The first kappa shape index (κ1) is 14.3. The minimum Gasteiger partial charge on any atom is -0.480 e. The summed E-state index contributed by atoms with van der Waals surface area (Å²) in [5, 5.41) is 12.6. The summed E-state index contributed by atoms with van der Waals surface area (Å²) in [6.45, 7) is 0.767. The summed E-state index contributed by atoms with van der Waals surface area (Å²) >= 11 is 5.90. The summed E-state index contributed by atoms with van der Waals surface area (Å²) in [5.41, 5.74) is 1.17. The highest BCUT2D eigenvalue weighted by atomic mass is 35.5. The maximum absolute atomic E-state index is 10.8. The molecular weight excluding hydrogens is 261 g/mol.